The first kappa shape index (κ1) is 24.4. The number of carbonyl (C=O) groups excluding carboxylic acids is 1. The van der Waals surface area contributed by atoms with Gasteiger partial charge in [-0.15, -0.1) is 0 Å². The number of hydrogen-bond donors (Lipinski definition) is 2. The summed E-state index contributed by atoms with van der Waals surface area (Å²) in [7, 11) is 0. The third-order valence-electron chi connectivity index (χ3n) is 4.24. The number of nitro benzene ring substituents is 2. The van der Waals surface area contributed by atoms with E-state index in [1.807, 2.05) is 0 Å². The number of non-ortho nitro benzene ring substituents is 1. The molecule has 0 unspecified atom stereocenters. The van der Waals surface area contributed by atoms with Gasteiger partial charge in [0.2, 0.25) is 0 Å². The largest absolute Gasteiger partial charge is 0.484 e. The van der Waals surface area contributed by atoms with E-state index in [1.165, 1.54) is 18.3 Å². The lowest BCUT2D eigenvalue weighted by Crippen LogP contribution is -2.20. The first-order valence-electron chi connectivity index (χ1n) is 9.42. The number of hydrazone groups is 1. The average Bonchev–Trinajstić information content (AvgIpc) is 2.81. The molecule has 0 spiro atoms. The molecular weight excluding hydrogens is 489 g/mol. The number of nitrogens with one attached hydrogen (secondary N) is 2. The van der Waals surface area contributed by atoms with Crippen molar-refractivity contribution in [2.75, 3.05) is 17.3 Å². The molecule has 3 aromatic rings. The monoisotopic (exact) mass is 503 g/mol. The van der Waals surface area contributed by atoms with Crippen LogP contribution in [0, 0.1) is 20.2 Å². The van der Waals surface area contributed by atoms with E-state index in [2.05, 4.69) is 15.8 Å². The van der Waals surface area contributed by atoms with Crippen molar-refractivity contribution in [1.29, 1.82) is 0 Å². The smallest absolute Gasteiger partial charge is 0.301 e. The summed E-state index contributed by atoms with van der Waals surface area (Å²) in [5.41, 5.74) is 2.73. The van der Waals surface area contributed by atoms with E-state index in [0.717, 1.165) is 12.1 Å². The first-order valence-corrected chi connectivity index (χ1v) is 10.2. The van der Waals surface area contributed by atoms with Crippen LogP contribution in [0.4, 0.5) is 22.7 Å². The van der Waals surface area contributed by atoms with E-state index >= 15 is 0 Å². The highest BCUT2D eigenvalue weighted by atomic mass is 35.5. The van der Waals surface area contributed by atoms with Crippen molar-refractivity contribution in [3.8, 4) is 5.75 Å². The van der Waals surface area contributed by atoms with Crippen LogP contribution in [0.5, 0.6) is 5.75 Å². The molecule has 11 nitrogen and oxygen atoms in total. The highest BCUT2D eigenvalue weighted by Gasteiger charge is 2.19. The second-order valence-electron chi connectivity index (χ2n) is 6.62. The Bertz CT molecular complexity index is 1270. The number of halogens is 2. The van der Waals surface area contributed by atoms with Gasteiger partial charge in [-0.2, -0.15) is 5.10 Å². The maximum Gasteiger partial charge on any atom is 0.301 e. The van der Waals surface area contributed by atoms with Gasteiger partial charge in [-0.25, -0.2) is 0 Å². The Hall–Kier alpha value is -4.22. The quantitative estimate of drug-likeness (QED) is 0.229. The summed E-state index contributed by atoms with van der Waals surface area (Å²) in [6, 6.07) is 14.4. The third kappa shape index (κ3) is 6.64. The summed E-state index contributed by atoms with van der Waals surface area (Å²) < 4.78 is 5.43. The number of rotatable bonds is 9. The van der Waals surface area contributed by atoms with Crippen LogP contribution in [0.25, 0.3) is 0 Å². The van der Waals surface area contributed by atoms with Gasteiger partial charge in [-0.05, 0) is 54.1 Å². The summed E-state index contributed by atoms with van der Waals surface area (Å²) in [5.74, 6) is 0.0401. The lowest BCUT2D eigenvalue weighted by atomic mass is 10.2. The van der Waals surface area contributed by atoms with Gasteiger partial charge >= 0.3 is 5.69 Å². The van der Waals surface area contributed by atoms with Crippen molar-refractivity contribution < 1.29 is 19.4 Å². The molecule has 174 valence electrons. The zero-order valence-electron chi connectivity index (χ0n) is 17.1. The highest BCUT2D eigenvalue weighted by molar-refractivity contribution is 6.42. The number of nitrogens with zero attached hydrogens (tertiary/aromatic N) is 3. The molecule has 0 radical (unpaired) electrons. The summed E-state index contributed by atoms with van der Waals surface area (Å²) >= 11 is 11.7. The SMILES string of the molecule is O=C(COc1ccc(/C=N\Nc2ccc([N+](=O)[O-])cc2[N+](=O)[O-])cc1)Nc1ccc(Cl)c(Cl)c1. The molecule has 0 heterocycles. The second-order valence-corrected chi connectivity index (χ2v) is 7.43. The molecule has 34 heavy (non-hydrogen) atoms. The number of ether oxygens (including phenoxy) is 1. The lowest BCUT2D eigenvalue weighted by molar-refractivity contribution is -0.393. The molecule has 3 aromatic carbocycles. The van der Waals surface area contributed by atoms with Crippen LogP contribution in [0.15, 0.2) is 65.8 Å². The summed E-state index contributed by atoms with van der Waals surface area (Å²) in [5, 5.41) is 29.2. The zero-order valence-corrected chi connectivity index (χ0v) is 18.6. The molecule has 0 atom stereocenters. The Kier molecular flexibility index (Phi) is 7.96. The fourth-order valence-electron chi connectivity index (χ4n) is 2.63. The molecule has 0 saturated carbocycles. The molecule has 1 amide bonds. The van der Waals surface area contributed by atoms with Crippen LogP contribution in [0.1, 0.15) is 5.56 Å². The fourth-order valence-corrected chi connectivity index (χ4v) is 2.92. The molecular formula is C21H15Cl2N5O6. The maximum absolute atomic E-state index is 12.0. The Labute approximate surface area is 202 Å². The molecule has 3 rings (SSSR count). The average molecular weight is 504 g/mol. The number of amides is 1. The van der Waals surface area contributed by atoms with E-state index in [1.54, 1.807) is 36.4 Å². The van der Waals surface area contributed by atoms with Crippen molar-refractivity contribution >= 4 is 58.1 Å². The van der Waals surface area contributed by atoms with Crippen molar-refractivity contribution in [2.24, 2.45) is 5.10 Å². The molecule has 0 aromatic heterocycles. The lowest BCUT2D eigenvalue weighted by Gasteiger charge is -2.08. The van der Waals surface area contributed by atoms with Gasteiger partial charge in [0.05, 0.1) is 32.2 Å². The fraction of sp³-hybridized carbons (Fsp3) is 0.0476. The van der Waals surface area contributed by atoms with E-state index < -0.39 is 27.1 Å². The Morgan fingerprint density at radius 3 is 2.35 bits per heavy atom. The number of anilines is 2. The standard InChI is InChI=1S/C21H15Cl2N5O6/c22-17-7-3-14(9-18(17)23)25-21(29)12-34-16-5-1-13(2-6-16)11-24-26-19-8-4-15(27(30)31)10-20(19)28(32)33/h1-11,26H,12H2,(H,25,29)/b24-11-. The van der Waals surface area contributed by atoms with Crippen LogP contribution in [0.2, 0.25) is 10.0 Å². The van der Waals surface area contributed by atoms with Crippen LogP contribution < -0.4 is 15.5 Å². The van der Waals surface area contributed by atoms with E-state index in [4.69, 9.17) is 27.9 Å². The minimum Gasteiger partial charge on any atom is -0.484 e. The molecule has 0 saturated heterocycles. The highest BCUT2D eigenvalue weighted by Crippen LogP contribution is 2.29. The summed E-state index contributed by atoms with van der Waals surface area (Å²) in [6.07, 6.45) is 1.39. The molecule has 13 heteroatoms. The Morgan fingerprint density at radius 2 is 1.71 bits per heavy atom. The number of benzene rings is 3. The van der Waals surface area contributed by atoms with Gasteiger partial charge in [0.1, 0.15) is 11.4 Å². The van der Waals surface area contributed by atoms with E-state index in [9.17, 15) is 25.0 Å². The van der Waals surface area contributed by atoms with E-state index in [0.29, 0.717) is 27.0 Å². The normalized spacial score (nSPS) is 10.6. The Morgan fingerprint density at radius 1 is 0.971 bits per heavy atom. The van der Waals surface area contributed by atoms with Gasteiger partial charge in [-0.1, -0.05) is 23.2 Å². The van der Waals surface area contributed by atoms with Crippen LogP contribution in [-0.4, -0.2) is 28.6 Å². The molecule has 2 N–H and O–H groups in total. The van der Waals surface area contributed by atoms with Crippen LogP contribution >= 0.6 is 23.2 Å². The molecule has 0 bridgehead atoms. The van der Waals surface area contributed by atoms with Crippen molar-refractivity contribution in [2.45, 2.75) is 0 Å². The molecule has 0 fully saturated rings. The van der Waals surface area contributed by atoms with Gasteiger partial charge in [0.15, 0.2) is 6.61 Å². The maximum atomic E-state index is 12.0. The van der Waals surface area contributed by atoms with Crippen LogP contribution in [-0.2, 0) is 4.79 Å². The third-order valence-corrected chi connectivity index (χ3v) is 4.98. The topological polar surface area (TPSA) is 149 Å². The van der Waals surface area contributed by atoms with E-state index in [-0.39, 0.29) is 12.3 Å². The van der Waals surface area contributed by atoms with Gasteiger partial charge in [-0.3, -0.25) is 30.4 Å². The van der Waals surface area contributed by atoms with Crippen molar-refractivity contribution in [3.63, 3.8) is 0 Å². The number of carbonyl (C=O) groups is 1. The minimum absolute atomic E-state index is 0.000194. The second kappa shape index (κ2) is 11.1. The molecule has 0 aliphatic carbocycles. The Balaban J connectivity index is 1.54. The summed E-state index contributed by atoms with van der Waals surface area (Å²) in [4.78, 5) is 32.5. The number of nitro groups is 2. The molecule has 0 aliphatic heterocycles. The van der Waals surface area contributed by atoms with Gasteiger partial charge < -0.3 is 10.1 Å². The number of hydrogen-bond acceptors (Lipinski definition) is 8. The van der Waals surface area contributed by atoms with Gasteiger partial charge in [0.25, 0.3) is 11.6 Å². The first-order chi connectivity index (χ1) is 16.2. The summed E-state index contributed by atoms with van der Waals surface area (Å²) in [6.45, 7) is -0.237. The zero-order chi connectivity index (χ0) is 24.7. The predicted octanol–water partition coefficient (Wildman–Crippen LogP) is 5.27. The van der Waals surface area contributed by atoms with Crippen LogP contribution in [0.3, 0.4) is 0 Å². The van der Waals surface area contributed by atoms with Crippen molar-refractivity contribution in [1.82, 2.24) is 0 Å². The van der Waals surface area contributed by atoms with Crippen molar-refractivity contribution in [3.05, 3.63) is 96.5 Å². The predicted molar refractivity (Wildman–Crippen MR) is 128 cm³/mol. The minimum atomic E-state index is -0.741. The van der Waals surface area contributed by atoms with Gasteiger partial charge in [0, 0.05) is 11.8 Å². The molecule has 0 aliphatic rings.